The second-order valence-corrected chi connectivity index (χ2v) is 22.2. The van der Waals surface area contributed by atoms with E-state index in [2.05, 4.69) is 116 Å². The zero-order valence-corrected chi connectivity index (χ0v) is 50.1. The third-order valence-electron chi connectivity index (χ3n) is 14.9. The summed E-state index contributed by atoms with van der Waals surface area (Å²) in [5.41, 5.74) is 0. The summed E-state index contributed by atoms with van der Waals surface area (Å²) in [6, 6.07) is -0.550. The van der Waals surface area contributed by atoms with E-state index in [0.717, 1.165) is 77.0 Å². The van der Waals surface area contributed by atoms with Crippen molar-refractivity contribution in [2.75, 3.05) is 6.61 Å². The molecule has 0 rings (SSSR count). The highest BCUT2D eigenvalue weighted by molar-refractivity contribution is 5.76. The van der Waals surface area contributed by atoms with Crippen molar-refractivity contribution in [3.05, 3.63) is 97.2 Å². The van der Waals surface area contributed by atoms with Gasteiger partial charge in [-0.25, -0.2) is 0 Å². The molecule has 3 N–H and O–H groups in total. The summed E-state index contributed by atoms with van der Waals surface area (Å²) in [4.78, 5) is 12.5. The Morgan fingerprint density at radius 3 is 0.880 bits per heavy atom. The molecule has 0 bridgehead atoms. The zero-order valence-electron chi connectivity index (χ0n) is 50.1. The van der Waals surface area contributed by atoms with Gasteiger partial charge in [-0.3, -0.25) is 4.79 Å². The molecule has 0 spiro atoms. The summed E-state index contributed by atoms with van der Waals surface area (Å²) in [5, 5.41) is 23.4. The SMILES string of the molecule is CC/C=C\C/C=C\C/C=C\C/C=C\C/C=C\C/C=C\C/C=C\C/C=C\CCCCCCCCCCC(=O)NC(CO)C(O)CCCCCCCCCCCCCCCCCCCCCCCCCCCCCCCC. The minimum Gasteiger partial charge on any atom is -0.394 e. The molecule has 2 unspecified atom stereocenters. The van der Waals surface area contributed by atoms with Crippen LogP contribution in [0.25, 0.3) is 0 Å². The number of unbranched alkanes of at least 4 members (excludes halogenated alkanes) is 37. The Morgan fingerprint density at radius 1 is 0.333 bits per heavy atom. The number of aliphatic hydroxyl groups excluding tert-OH is 2. The lowest BCUT2D eigenvalue weighted by atomic mass is 10.0. The van der Waals surface area contributed by atoms with Gasteiger partial charge in [0.1, 0.15) is 0 Å². The fourth-order valence-corrected chi connectivity index (χ4v) is 9.91. The first-order valence-corrected chi connectivity index (χ1v) is 32.9. The van der Waals surface area contributed by atoms with Crippen LogP contribution in [0.2, 0.25) is 0 Å². The molecular weight excluding hydrogens is 915 g/mol. The van der Waals surface area contributed by atoms with Gasteiger partial charge in [0, 0.05) is 6.42 Å². The van der Waals surface area contributed by atoms with Crippen LogP contribution in [-0.4, -0.2) is 34.9 Å². The first-order valence-electron chi connectivity index (χ1n) is 32.9. The highest BCUT2D eigenvalue weighted by atomic mass is 16.3. The van der Waals surface area contributed by atoms with Gasteiger partial charge in [0.15, 0.2) is 0 Å². The average Bonchev–Trinajstić information content (AvgIpc) is 3.41. The summed E-state index contributed by atoms with van der Waals surface area (Å²) < 4.78 is 0. The summed E-state index contributed by atoms with van der Waals surface area (Å²) in [6.45, 7) is 4.27. The highest BCUT2D eigenvalue weighted by Crippen LogP contribution is 2.18. The van der Waals surface area contributed by atoms with Crippen LogP contribution in [0.4, 0.5) is 0 Å². The number of rotatable bonds is 60. The second kappa shape index (κ2) is 65.6. The maximum atomic E-state index is 12.5. The van der Waals surface area contributed by atoms with Gasteiger partial charge in [0.05, 0.1) is 18.8 Å². The Labute approximate surface area is 468 Å². The quantitative estimate of drug-likeness (QED) is 0.0420. The minimum absolute atomic E-state index is 0.0396. The van der Waals surface area contributed by atoms with Gasteiger partial charge in [-0.2, -0.15) is 0 Å². The van der Waals surface area contributed by atoms with E-state index in [1.165, 1.54) is 225 Å². The van der Waals surface area contributed by atoms with Gasteiger partial charge in [-0.1, -0.05) is 342 Å². The molecule has 0 aromatic rings. The minimum atomic E-state index is -0.672. The van der Waals surface area contributed by atoms with Crippen LogP contribution in [0, 0.1) is 0 Å². The van der Waals surface area contributed by atoms with Crippen molar-refractivity contribution in [3.63, 3.8) is 0 Å². The van der Waals surface area contributed by atoms with Crippen LogP contribution >= 0.6 is 0 Å². The van der Waals surface area contributed by atoms with Crippen molar-refractivity contribution in [2.45, 2.75) is 341 Å². The van der Waals surface area contributed by atoms with E-state index in [9.17, 15) is 15.0 Å². The number of nitrogens with one attached hydrogen (secondary N) is 1. The topological polar surface area (TPSA) is 69.6 Å². The lowest BCUT2D eigenvalue weighted by Crippen LogP contribution is -2.45. The molecule has 0 saturated carbocycles. The van der Waals surface area contributed by atoms with Crippen LogP contribution in [-0.2, 0) is 4.79 Å². The van der Waals surface area contributed by atoms with E-state index >= 15 is 0 Å². The molecule has 0 aliphatic carbocycles. The molecule has 0 aliphatic rings. The normalized spacial score (nSPS) is 13.4. The van der Waals surface area contributed by atoms with E-state index in [-0.39, 0.29) is 12.5 Å². The molecule has 0 heterocycles. The first kappa shape index (κ1) is 72.3. The lowest BCUT2D eigenvalue weighted by Gasteiger charge is -2.22. The monoisotopic (exact) mass is 1040 g/mol. The Balaban J connectivity index is 3.51. The molecule has 4 heteroatoms. The number of carbonyl (C=O) groups is 1. The fraction of sp³-hybridized carbons (Fsp3) is 0.761. The molecule has 0 radical (unpaired) electrons. The van der Waals surface area contributed by atoms with Gasteiger partial charge in [0.25, 0.3) is 0 Å². The van der Waals surface area contributed by atoms with Crippen LogP contribution < -0.4 is 5.32 Å². The maximum Gasteiger partial charge on any atom is 0.220 e. The van der Waals surface area contributed by atoms with Crippen LogP contribution in [0.3, 0.4) is 0 Å². The third kappa shape index (κ3) is 62.0. The number of allylic oxidation sites excluding steroid dienone is 16. The smallest absolute Gasteiger partial charge is 0.220 e. The van der Waals surface area contributed by atoms with Gasteiger partial charge in [-0.15, -0.1) is 0 Å². The molecule has 4 nitrogen and oxygen atoms in total. The van der Waals surface area contributed by atoms with Crippen molar-refractivity contribution in [2.24, 2.45) is 0 Å². The molecule has 0 aromatic carbocycles. The van der Waals surface area contributed by atoms with Crippen molar-refractivity contribution < 1.29 is 15.0 Å². The summed E-state index contributed by atoms with van der Waals surface area (Å²) in [7, 11) is 0. The highest BCUT2D eigenvalue weighted by Gasteiger charge is 2.20. The Morgan fingerprint density at radius 2 is 0.587 bits per heavy atom. The van der Waals surface area contributed by atoms with Crippen LogP contribution in [0.5, 0.6) is 0 Å². The summed E-state index contributed by atoms with van der Waals surface area (Å²) >= 11 is 0. The number of hydrogen-bond acceptors (Lipinski definition) is 3. The van der Waals surface area contributed by atoms with E-state index in [1.54, 1.807) is 0 Å². The maximum absolute atomic E-state index is 12.5. The van der Waals surface area contributed by atoms with Crippen LogP contribution in [0.1, 0.15) is 328 Å². The number of carbonyl (C=O) groups excluding carboxylic acids is 1. The molecule has 434 valence electrons. The Bertz CT molecular complexity index is 1370. The van der Waals surface area contributed by atoms with Crippen molar-refractivity contribution in [1.29, 1.82) is 0 Å². The van der Waals surface area contributed by atoms with Gasteiger partial charge in [0.2, 0.25) is 5.91 Å². The molecule has 0 saturated heterocycles. The number of hydrogen-bond donors (Lipinski definition) is 3. The van der Waals surface area contributed by atoms with E-state index < -0.39 is 12.1 Å². The molecule has 75 heavy (non-hydrogen) atoms. The molecule has 0 aromatic heterocycles. The predicted molar refractivity (Wildman–Crippen MR) is 336 cm³/mol. The standard InChI is InChI=1S/C71H127NO3/c1-3-5-7-9-11-13-15-17-19-21-23-25-27-29-31-33-35-36-37-39-41-43-45-47-49-51-53-55-57-59-61-63-65-67-71(75)72-69(68-73)70(74)66-64-62-60-58-56-54-52-50-48-46-44-42-40-38-34-32-30-28-26-24-22-20-18-16-14-12-10-8-6-4-2/h5,7,11,13,17,19,23,25,29,31,35-36,39,41,45,47,69-70,73-74H,3-4,6,8-10,12,14-16,18,20-22,24,26-28,30,32-34,37-38,40,42-44,46,48-68H2,1-2H3,(H,72,75)/b7-5-,13-11-,19-17-,25-23-,31-29-,36-35-,41-39-,47-45-. The Hall–Kier alpha value is -2.69. The third-order valence-corrected chi connectivity index (χ3v) is 14.9. The molecule has 0 aliphatic heterocycles. The number of aliphatic hydroxyl groups is 2. The lowest BCUT2D eigenvalue weighted by molar-refractivity contribution is -0.123. The zero-order chi connectivity index (χ0) is 54.1. The molecule has 2 atom stereocenters. The molecule has 1 amide bonds. The van der Waals surface area contributed by atoms with Crippen molar-refractivity contribution >= 4 is 5.91 Å². The van der Waals surface area contributed by atoms with Gasteiger partial charge >= 0.3 is 0 Å². The average molecular weight is 1040 g/mol. The molecular formula is C71H127NO3. The van der Waals surface area contributed by atoms with E-state index in [0.29, 0.717) is 12.8 Å². The second-order valence-electron chi connectivity index (χ2n) is 22.2. The summed E-state index contributed by atoms with van der Waals surface area (Å²) in [6.07, 6.45) is 97.2. The van der Waals surface area contributed by atoms with Crippen molar-refractivity contribution in [3.8, 4) is 0 Å². The van der Waals surface area contributed by atoms with E-state index in [1.807, 2.05) is 0 Å². The van der Waals surface area contributed by atoms with Crippen LogP contribution in [0.15, 0.2) is 97.2 Å². The fourth-order valence-electron chi connectivity index (χ4n) is 9.91. The largest absolute Gasteiger partial charge is 0.394 e. The first-order chi connectivity index (χ1) is 37.2. The van der Waals surface area contributed by atoms with Gasteiger partial charge < -0.3 is 15.5 Å². The van der Waals surface area contributed by atoms with Gasteiger partial charge in [-0.05, 0) is 77.0 Å². The predicted octanol–water partition coefficient (Wildman–Crippen LogP) is 22.4. The Kier molecular flexibility index (Phi) is 63.2. The number of amides is 1. The van der Waals surface area contributed by atoms with Crippen molar-refractivity contribution in [1.82, 2.24) is 5.32 Å². The molecule has 0 fully saturated rings. The van der Waals surface area contributed by atoms with E-state index in [4.69, 9.17) is 0 Å². The summed E-state index contributed by atoms with van der Waals surface area (Å²) in [5.74, 6) is -0.0396.